The lowest BCUT2D eigenvalue weighted by Gasteiger charge is -2.33. The minimum Gasteiger partial charge on any atom is -0.475 e. The third kappa shape index (κ3) is 7.56. The number of aliphatic carboxylic acids is 2. The van der Waals surface area contributed by atoms with Crippen molar-refractivity contribution >= 4 is 58.9 Å². The summed E-state index contributed by atoms with van der Waals surface area (Å²) in [7, 11) is 0. The van der Waals surface area contributed by atoms with Crippen LogP contribution in [-0.4, -0.2) is 118 Å². The number of carboxylic acids is 2. The summed E-state index contributed by atoms with van der Waals surface area (Å²) in [5.74, 6) is -10.6. The maximum atomic E-state index is 11.8. The van der Waals surface area contributed by atoms with Gasteiger partial charge in [0.25, 0.3) is 0 Å². The Bertz CT molecular complexity index is 2380. The van der Waals surface area contributed by atoms with E-state index in [2.05, 4.69) is 13.9 Å². The molecule has 0 aromatic carbocycles. The van der Waals surface area contributed by atoms with Crippen LogP contribution in [0.3, 0.4) is 0 Å². The second-order valence-corrected chi connectivity index (χ2v) is 18.0. The molecule has 65 heavy (non-hydrogen) atoms. The molecule has 19 heteroatoms. The smallest absolute Gasteiger partial charge is 0.372 e. The maximum absolute atomic E-state index is 11.8. The summed E-state index contributed by atoms with van der Waals surface area (Å²) in [5.41, 5.74) is 2.03. The van der Waals surface area contributed by atoms with E-state index >= 15 is 0 Å². The van der Waals surface area contributed by atoms with Gasteiger partial charge >= 0.3 is 35.8 Å². The molecule has 6 fully saturated rings. The molecule has 16 unspecified atom stereocenters. The molecule has 0 radical (unpaired) electrons. The van der Waals surface area contributed by atoms with Gasteiger partial charge < -0.3 is 43.1 Å². The molecule has 2 N–H and O–H groups in total. The van der Waals surface area contributed by atoms with Gasteiger partial charge in [0.05, 0.1) is 84.5 Å². The summed E-state index contributed by atoms with van der Waals surface area (Å²) in [6.45, 7) is 13.6. The third-order valence-electron chi connectivity index (χ3n) is 14.1. The number of ether oxygens (including phenoxy) is 6. The first-order chi connectivity index (χ1) is 30.5. The van der Waals surface area contributed by atoms with E-state index in [9.17, 15) is 47.9 Å². The van der Waals surface area contributed by atoms with Crippen molar-refractivity contribution in [2.45, 2.75) is 104 Å². The van der Waals surface area contributed by atoms with Crippen LogP contribution in [0.25, 0.3) is 0 Å². The average Bonchev–Trinajstić information content (AvgIpc) is 4.08. The first-order valence-corrected chi connectivity index (χ1v) is 20.9. The van der Waals surface area contributed by atoms with Gasteiger partial charge in [0.15, 0.2) is 0 Å². The molecule has 0 aliphatic carbocycles. The van der Waals surface area contributed by atoms with Crippen LogP contribution >= 0.6 is 0 Å². The van der Waals surface area contributed by atoms with Crippen molar-refractivity contribution in [2.75, 3.05) is 0 Å². The first-order valence-electron chi connectivity index (χ1n) is 20.9. The Kier molecular flexibility index (Phi) is 12.3. The van der Waals surface area contributed by atoms with E-state index in [0.29, 0.717) is 0 Å². The lowest BCUT2D eigenvalue weighted by atomic mass is 9.64. The van der Waals surface area contributed by atoms with Gasteiger partial charge in [-0.2, -0.15) is 0 Å². The van der Waals surface area contributed by atoms with Gasteiger partial charge in [0.1, 0.15) is 34.7 Å². The van der Waals surface area contributed by atoms with E-state index in [0.717, 1.165) is 22.3 Å². The molecular formula is C46H48O19. The highest BCUT2D eigenvalue weighted by Gasteiger charge is 2.69. The Morgan fingerprint density at radius 2 is 1.09 bits per heavy atom. The molecule has 16 atom stereocenters. The van der Waals surface area contributed by atoms with Crippen molar-refractivity contribution in [2.24, 2.45) is 46.3 Å². The van der Waals surface area contributed by atoms with Crippen LogP contribution in [0.15, 0.2) is 75.7 Å². The number of hydrogen-bond acceptors (Lipinski definition) is 17. The summed E-state index contributed by atoms with van der Waals surface area (Å²) < 4.78 is 35.9. The van der Waals surface area contributed by atoms with Crippen LogP contribution in [0.4, 0.5) is 0 Å². The number of rotatable bonds is 6. The fourth-order valence-electron chi connectivity index (χ4n) is 10.9. The molecule has 0 amide bonds. The Hall–Kier alpha value is -6.02. The van der Waals surface area contributed by atoms with Crippen LogP contribution < -0.4 is 0 Å². The summed E-state index contributed by atoms with van der Waals surface area (Å²) in [5, 5.41) is 17.5. The Labute approximate surface area is 371 Å². The number of carbonyl (C=O) groups excluding carboxylic acids is 8. The zero-order chi connectivity index (χ0) is 47.8. The molecule has 6 saturated heterocycles. The highest BCUT2D eigenvalue weighted by molar-refractivity contribution is 6.35. The van der Waals surface area contributed by atoms with Gasteiger partial charge in [-0.3, -0.25) is 38.4 Å². The lowest BCUT2D eigenvalue weighted by Crippen LogP contribution is -2.48. The number of furan rings is 1. The summed E-state index contributed by atoms with van der Waals surface area (Å²) >= 11 is 0. The minimum atomic E-state index is -1.51. The highest BCUT2D eigenvalue weighted by Crippen LogP contribution is 2.56. The number of ketones is 4. The van der Waals surface area contributed by atoms with Crippen LogP contribution in [0.1, 0.15) is 55.4 Å². The zero-order valence-corrected chi connectivity index (χ0v) is 36.5. The van der Waals surface area contributed by atoms with Gasteiger partial charge in [0.2, 0.25) is 11.6 Å². The van der Waals surface area contributed by atoms with Crippen molar-refractivity contribution in [3.8, 4) is 0 Å². The molecule has 1 aromatic heterocycles. The fourth-order valence-corrected chi connectivity index (χ4v) is 10.9. The predicted molar refractivity (Wildman–Crippen MR) is 214 cm³/mol. The third-order valence-corrected chi connectivity index (χ3v) is 14.1. The number of esters is 4. The molecule has 10 aliphatic rings. The van der Waals surface area contributed by atoms with Crippen molar-refractivity contribution in [1.29, 1.82) is 0 Å². The van der Waals surface area contributed by atoms with Crippen LogP contribution in [0.2, 0.25) is 0 Å². The molecule has 0 saturated carbocycles. The second-order valence-electron chi connectivity index (χ2n) is 18.0. The van der Waals surface area contributed by atoms with E-state index in [1.54, 1.807) is 38.5 Å². The first kappa shape index (κ1) is 47.0. The number of Topliss-reactive ketones (excluding diaryl/α,β-unsaturated/α-hetero) is 4. The van der Waals surface area contributed by atoms with Crippen molar-refractivity contribution < 1.29 is 91.0 Å². The number of hydrogen-bond donors (Lipinski definition) is 2. The fraction of sp³-hybridized carbons (Fsp3) is 0.522. The van der Waals surface area contributed by atoms with Crippen LogP contribution in [0, 0.1) is 46.3 Å². The van der Waals surface area contributed by atoms with Gasteiger partial charge in [0, 0.05) is 0 Å². The molecule has 10 aliphatic heterocycles. The Balaban J connectivity index is 0.000000125. The van der Waals surface area contributed by atoms with Crippen molar-refractivity contribution in [3.63, 3.8) is 0 Å². The van der Waals surface area contributed by atoms with Gasteiger partial charge in [-0.15, -0.1) is 0 Å². The quantitative estimate of drug-likeness (QED) is 0.179. The molecule has 11 rings (SSSR count). The SMILES string of the molecule is CC(=O)C1(C)C2OC(C=C2C)C1C(=O)C(=O)O.CC(=O)C1C2OC(C=C2C)C1C(=O)C(=O)O.CC1=CC2OC1C1(C)C(=O)OC(=O)C21.CC1=CC2OC1C1C(=O)OC(=O)C21.c1ccoc1. The average molecular weight is 905 g/mol. The molecule has 19 nitrogen and oxygen atoms in total. The van der Waals surface area contributed by atoms with E-state index in [-0.39, 0.29) is 47.8 Å². The van der Waals surface area contributed by atoms with Crippen LogP contribution in [-0.2, 0) is 76.4 Å². The molecular weight excluding hydrogens is 856 g/mol. The van der Waals surface area contributed by atoms with E-state index in [1.807, 2.05) is 52.0 Å². The summed E-state index contributed by atoms with van der Waals surface area (Å²) in [6.07, 6.45) is 7.54. The van der Waals surface area contributed by atoms with E-state index in [1.165, 1.54) is 13.8 Å². The number of cyclic esters (lactones) is 4. The van der Waals surface area contributed by atoms with E-state index < -0.39 is 106 Å². The molecule has 346 valence electrons. The van der Waals surface area contributed by atoms with Gasteiger partial charge in [-0.05, 0) is 89.8 Å². The van der Waals surface area contributed by atoms with Gasteiger partial charge in [-0.1, -0.05) is 24.3 Å². The number of carbonyl (C=O) groups is 10. The monoisotopic (exact) mass is 904 g/mol. The standard InChI is InChI=1S/C12H14O5.C11H12O5.C10H10O4.C9H8O4.C4H4O/c1-5-4-7-8(9(14)11(15)16)12(3,6(2)13)10(5)17-7;1-4-3-6-8(9(13)11(14)15)7(5(2)12)10(4)16-6;1-4-3-5-6-8(11)14-9(12)10(6,2)7(4)13-5;1-3-2-4-5-6(7(3)12-4)9(11)13-8(5)10;1-2-4-5-3-1/h4,7-8,10H,1-3H3,(H,15,16);3,6-8,10H,1-2H3,(H,14,15);3,5-7H,1-2H3;2,4-7H,1H3;1-4H. The van der Waals surface area contributed by atoms with Crippen molar-refractivity contribution in [1.82, 2.24) is 0 Å². The number of fused-ring (bicyclic) bond motifs is 14. The second kappa shape index (κ2) is 17.1. The largest absolute Gasteiger partial charge is 0.475 e. The number of carboxylic acid groups (broad SMARTS) is 2. The van der Waals surface area contributed by atoms with E-state index in [4.69, 9.17) is 29.2 Å². The molecule has 0 spiro atoms. The Morgan fingerprint density at radius 3 is 1.66 bits per heavy atom. The highest BCUT2D eigenvalue weighted by atomic mass is 16.6. The Morgan fingerprint density at radius 1 is 0.569 bits per heavy atom. The summed E-state index contributed by atoms with van der Waals surface area (Å²) in [6, 6.07) is 3.67. The van der Waals surface area contributed by atoms with Crippen molar-refractivity contribution in [3.05, 3.63) is 71.3 Å². The predicted octanol–water partition coefficient (Wildman–Crippen LogP) is 2.50. The topological polar surface area (TPSA) is 280 Å². The molecule has 1 aromatic rings. The van der Waals surface area contributed by atoms with Gasteiger partial charge in [-0.25, -0.2) is 9.59 Å². The minimum absolute atomic E-state index is 0.195. The summed E-state index contributed by atoms with van der Waals surface area (Å²) in [4.78, 5) is 113. The zero-order valence-electron chi connectivity index (χ0n) is 36.5. The lowest BCUT2D eigenvalue weighted by molar-refractivity contribution is -0.159. The molecule has 8 bridgehead atoms. The normalized spacial score (nSPS) is 39.6. The maximum Gasteiger partial charge on any atom is 0.372 e. The van der Waals surface area contributed by atoms with Crippen LogP contribution in [0.5, 0.6) is 0 Å². The molecule has 11 heterocycles.